The highest BCUT2D eigenvalue weighted by molar-refractivity contribution is 5.72. The largest absolute Gasteiger partial charge is 0.480 e. The molecular weight excluding hydrogens is 146 g/mol. The Balaban J connectivity index is 3.31. The van der Waals surface area contributed by atoms with Crippen LogP contribution in [0.3, 0.4) is 0 Å². The second-order valence-electron chi connectivity index (χ2n) is 2.72. The van der Waals surface area contributed by atoms with Gasteiger partial charge in [0.15, 0.2) is 0 Å². The monoisotopic (exact) mass is 161 g/mol. The minimum atomic E-state index is -0.976. The number of rotatable bonds is 5. The van der Waals surface area contributed by atoms with Gasteiger partial charge in [-0.2, -0.15) is 0 Å². The molecule has 11 heavy (non-hydrogen) atoms. The average molecular weight is 161 g/mol. The SMILES string of the molecule is CC(O)CCCC(N)C(=O)O. The molecule has 0 saturated heterocycles. The number of aliphatic hydroxyl groups is 1. The predicted octanol–water partition coefficient (Wildman–Crippen LogP) is -0.0506. The van der Waals surface area contributed by atoms with Crippen molar-refractivity contribution in [3.05, 3.63) is 0 Å². The molecule has 4 heteroatoms. The van der Waals surface area contributed by atoms with Crippen LogP contribution in [0.1, 0.15) is 26.2 Å². The Kier molecular flexibility index (Phi) is 4.81. The van der Waals surface area contributed by atoms with Crippen LogP contribution < -0.4 is 5.73 Å². The van der Waals surface area contributed by atoms with Crippen LogP contribution in [-0.2, 0) is 4.79 Å². The molecule has 0 amide bonds. The number of carboxylic acid groups (broad SMARTS) is 1. The van der Waals surface area contributed by atoms with Gasteiger partial charge in [0.1, 0.15) is 6.04 Å². The van der Waals surface area contributed by atoms with E-state index in [1.54, 1.807) is 6.92 Å². The number of hydrogen-bond acceptors (Lipinski definition) is 3. The first-order chi connectivity index (χ1) is 5.04. The molecule has 0 radical (unpaired) electrons. The molecule has 0 heterocycles. The van der Waals surface area contributed by atoms with Crippen LogP contribution in [0.5, 0.6) is 0 Å². The van der Waals surface area contributed by atoms with E-state index in [0.29, 0.717) is 19.3 Å². The lowest BCUT2D eigenvalue weighted by Crippen LogP contribution is -2.29. The third-order valence-electron chi connectivity index (χ3n) is 1.45. The molecular formula is C7H15NO3. The Morgan fingerprint density at radius 3 is 2.45 bits per heavy atom. The van der Waals surface area contributed by atoms with E-state index in [-0.39, 0.29) is 6.10 Å². The van der Waals surface area contributed by atoms with Crippen molar-refractivity contribution in [2.24, 2.45) is 5.73 Å². The molecule has 66 valence electrons. The summed E-state index contributed by atoms with van der Waals surface area (Å²) in [4.78, 5) is 10.2. The summed E-state index contributed by atoms with van der Waals surface area (Å²) in [5.74, 6) is -0.976. The van der Waals surface area contributed by atoms with Gasteiger partial charge >= 0.3 is 5.97 Å². The molecule has 0 aliphatic rings. The van der Waals surface area contributed by atoms with Gasteiger partial charge in [-0.25, -0.2) is 0 Å². The van der Waals surface area contributed by atoms with Crippen LogP contribution >= 0.6 is 0 Å². The first-order valence-corrected chi connectivity index (χ1v) is 3.70. The zero-order chi connectivity index (χ0) is 8.85. The maximum absolute atomic E-state index is 10.2. The van der Waals surface area contributed by atoms with Gasteiger partial charge in [-0.15, -0.1) is 0 Å². The van der Waals surface area contributed by atoms with E-state index >= 15 is 0 Å². The summed E-state index contributed by atoms with van der Waals surface area (Å²) >= 11 is 0. The fourth-order valence-electron chi connectivity index (χ4n) is 0.757. The van der Waals surface area contributed by atoms with Gasteiger partial charge < -0.3 is 15.9 Å². The lowest BCUT2D eigenvalue weighted by Gasteiger charge is -2.06. The molecule has 0 aliphatic carbocycles. The second-order valence-corrected chi connectivity index (χ2v) is 2.72. The second kappa shape index (κ2) is 5.09. The summed E-state index contributed by atoms with van der Waals surface area (Å²) in [6, 6.07) is -0.784. The minimum absolute atomic E-state index is 0.365. The summed E-state index contributed by atoms with van der Waals surface area (Å²) in [5.41, 5.74) is 5.22. The molecule has 0 aliphatic heterocycles. The van der Waals surface area contributed by atoms with Crippen molar-refractivity contribution in [3.8, 4) is 0 Å². The summed E-state index contributed by atoms with van der Waals surface area (Å²) in [6.07, 6.45) is 1.34. The topological polar surface area (TPSA) is 83.5 Å². The van der Waals surface area contributed by atoms with Crippen LogP contribution in [0.4, 0.5) is 0 Å². The van der Waals surface area contributed by atoms with E-state index in [9.17, 15) is 4.79 Å². The maximum Gasteiger partial charge on any atom is 0.320 e. The minimum Gasteiger partial charge on any atom is -0.480 e. The van der Waals surface area contributed by atoms with E-state index in [2.05, 4.69) is 0 Å². The Morgan fingerprint density at radius 1 is 1.55 bits per heavy atom. The smallest absolute Gasteiger partial charge is 0.320 e. The van der Waals surface area contributed by atoms with E-state index in [1.165, 1.54) is 0 Å². The van der Waals surface area contributed by atoms with Gasteiger partial charge in [-0.1, -0.05) is 0 Å². The third-order valence-corrected chi connectivity index (χ3v) is 1.45. The molecule has 0 fully saturated rings. The van der Waals surface area contributed by atoms with Gasteiger partial charge in [0.25, 0.3) is 0 Å². The molecule has 2 atom stereocenters. The molecule has 2 unspecified atom stereocenters. The molecule has 0 aromatic carbocycles. The van der Waals surface area contributed by atoms with Crippen molar-refractivity contribution in [1.29, 1.82) is 0 Å². The number of carbonyl (C=O) groups is 1. The summed E-state index contributed by atoms with van der Waals surface area (Å²) in [6.45, 7) is 1.67. The molecule has 0 aromatic heterocycles. The number of hydrogen-bond donors (Lipinski definition) is 3. The van der Waals surface area contributed by atoms with Gasteiger partial charge in [-0.3, -0.25) is 4.79 Å². The lowest BCUT2D eigenvalue weighted by molar-refractivity contribution is -0.138. The maximum atomic E-state index is 10.2. The third kappa shape index (κ3) is 5.82. The lowest BCUT2D eigenvalue weighted by atomic mass is 10.1. The molecule has 4 N–H and O–H groups in total. The first kappa shape index (κ1) is 10.4. The van der Waals surface area contributed by atoms with E-state index in [4.69, 9.17) is 15.9 Å². The highest BCUT2D eigenvalue weighted by Gasteiger charge is 2.10. The van der Waals surface area contributed by atoms with Crippen LogP contribution in [0, 0.1) is 0 Å². The van der Waals surface area contributed by atoms with Crippen LogP contribution in [0.25, 0.3) is 0 Å². The average Bonchev–Trinajstić information content (AvgIpc) is 1.86. The van der Waals surface area contributed by atoms with Crippen LogP contribution in [-0.4, -0.2) is 28.3 Å². The van der Waals surface area contributed by atoms with Crippen molar-refractivity contribution < 1.29 is 15.0 Å². The van der Waals surface area contributed by atoms with Crippen molar-refractivity contribution in [2.45, 2.75) is 38.3 Å². The quantitative estimate of drug-likeness (QED) is 0.528. The van der Waals surface area contributed by atoms with Crippen molar-refractivity contribution in [2.75, 3.05) is 0 Å². The Labute approximate surface area is 66.0 Å². The van der Waals surface area contributed by atoms with Crippen molar-refractivity contribution in [3.63, 3.8) is 0 Å². The first-order valence-electron chi connectivity index (χ1n) is 3.70. The zero-order valence-corrected chi connectivity index (χ0v) is 6.66. The highest BCUT2D eigenvalue weighted by Crippen LogP contribution is 2.02. The molecule has 0 bridgehead atoms. The van der Waals surface area contributed by atoms with Crippen LogP contribution in [0.2, 0.25) is 0 Å². The predicted molar refractivity (Wildman–Crippen MR) is 41.1 cm³/mol. The normalized spacial score (nSPS) is 15.9. The number of nitrogens with two attached hydrogens (primary N) is 1. The Bertz CT molecular complexity index is 125. The summed E-state index contributed by atoms with van der Waals surface area (Å²) in [7, 11) is 0. The van der Waals surface area contributed by atoms with Crippen molar-refractivity contribution in [1.82, 2.24) is 0 Å². The van der Waals surface area contributed by atoms with Gasteiger partial charge in [-0.05, 0) is 26.2 Å². The van der Waals surface area contributed by atoms with E-state index < -0.39 is 12.0 Å². The molecule has 0 saturated carbocycles. The summed E-state index contributed by atoms with van der Waals surface area (Å²) in [5, 5.41) is 17.2. The van der Waals surface area contributed by atoms with Gasteiger partial charge in [0.05, 0.1) is 6.10 Å². The Hall–Kier alpha value is -0.610. The van der Waals surface area contributed by atoms with Gasteiger partial charge in [0.2, 0.25) is 0 Å². The number of aliphatic carboxylic acids is 1. The van der Waals surface area contributed by atoms with Gasteiger partial charge in [0, 0.05) is 0 Å². The van der Waals surface area contributed by atoms with E-state index in [0.717, 1.165) is 0 Å². The molecule has 4 nitrogen and oxygen atoms in total. The number of aliphatic hydroxyl groups excluding tert-OH is 1. The Morgan fingerprint density at radius 2 is 2.09 bits per heavy atom. The standard InChI is InChI=1S/C7H15NO3/c1-5(9)3-2-4-6(8)7(10)11/h5-6,9H,2-4,8H2,1H3,(H,10,11). The fraction of sp³-hybridized carbons (Fsp3) is 0.857. The molecule has 0 spiro atoms. The number of carboxylic acids is 1. The molecule has 0 aromatic rings. The zero-order valence-electron chi connectivity index (χ0n) is 6.66. The molecule has 0 rings (SSSR count). The summed E-state index contributed by atoms with van der Waals surface area (Å²) < 4.78 is 0. The fourth-order valence-corrected chi connectivity index (χ4v) is 0.757. The van der Waals surface area contributed by atoms with E-state index in [1.807, 2.05) is 0 Å². The highest BCUT2D eigenvalue weighted by atomic mass is 16.4. The van der Waals surface area contributed by atoms with Crippen LogP contribution in [0.15, 0.2) is 0 Å². The van der Waals surface area contributed by atoms with Crippen molar-refractivity contribution >= 4 is 5.97 Å².